The molecule has 0 fully saturated rings. The molecule has 1 atom stereocenters. The maximum absolute atomic E-state index is 11.8. The van der Waals surface area contributed by atoms with E-state index < -0.39 is 0 Å². The molecule has 1 N–H and O–H groups in total. The first-order valence-corrected chi connectivity index (χ1v) is 8.41. The summed E-state index contributed by atoms with van der Waals surface area (Å²) in [6.45, 7) is 5.51. The molecule has 0 aliphatic heterocycles. The van der Waals surface area contributed by atoms with Gasteiger partial charge in [-0.15, -0.1) is 30.1 Å². The fraction of sp³-hybridized carbons (Fsp3) is 0.333. The molecule has 1 aromatic carbocycles. The second kappa shape index (κ2) is 9.51. The van der Waals surface area contributed by atoms with Crippen molar-refractivity contribution in [2.45, 2.75) is 11.8 Å². The van der Waals surface area contributed by atoms with Gasteiger partial charge in [-0.3, -0.25) is 4.79 Å². The van der Waals surface area contributed by atoms with Crippen molar-refractivity contribution < 1.29 is 4.79 Å². The third kappa shape index (κ3) is 6.18. The molecule has 1 aromatic rings. The van der Waals surface area contributed by atoms with Crippen molar-refractivity contribution in [1.82, 2.24) is 0 Å². The summed E-state index contributed by atoms with van der Waals surface area (Å²) in [6, 6.07) is 9.88. The van der Waals surface area contributed by atoms with Crippen molar-refractivity contribution in [3.63, 3.8) is 0 Å². The molecule has 106 valence electrons. The van der Waals surface area contributed by atoms with E-state index in [1.54, 1.807) is 17.8 Å². The first-order chi connectivity index (χ1) is 9.67. The molecule has 1 rings (SSSR count). The Kier molecular flexibility index (Phi) is 7.93. The summed E-state index contributed by atoms with van der Waals surface area (Å²) in [5.41, 5.74) is 0.812. The highest BCUT2D eigenvalue weighted by atomic mass is 32.2. The Morgan fingerprint density at radius 3 is 3.00 bits per heavy atom. The second-order valence-corrected chi connectivity index (χ2v) is 6.28. The van der Waals surface area contributed by atoms with E-state index >= 15 is 0 Å². The molecule has 0 bridgehead atoms. The highest BCUT2D eigenvalue weighted by Crippen LogP contribution is 2.28. The van der Waals surface area contributed by atoms with E-state index in [2.05, 4.69) is 18.0 Å². The van der Waals surface area contributed by atoms with Crippen LogP contribution in [0.3, 0.4) is 0 Å². The summed E-state index contributed by atoms with van der Waals surface area (Å²) in [6.07, 6.45) is 1.78. The molecule has 0 aromatic heterocycles. The van der Waals surface area contributed by atoms with Gasteiger partial charge in [-0.2, -0.15) is 5.26 Å². The SMILES string of the molecule is C=CCSCC(=O)Nc1ccccc1SC[C@@H](C)C#N. The van der Waals surface area contributed by atoms with Crippen LogP contribution in [0.15, 0.2) is 41.8 Å². The lowest BCUT2D eigenvalue weighted by Gasteiger charge is -2.11. The molecule has 0 aliphatic carbocycles. The number of nitrogens with one attached hydrogen (secondary N) is 1. The van der Waals surface area contributed by atoms with Gasteiger partial charge < -0.3 is 5.32 Å². The minimum absolute atomic E-state index is 0.00750. The van der Waals surface area contributed by atoms with Crippen LogP contribution >= 0.6 is 23.5 Å². The average molecular weight is 306 g/mol. The number of benzene rings is 1. The number of hydrogen-bond donors (Lipinski definition) is 1. The Labute approximate surface area is 128 Å². The third-order valence-electron chi connectivity index (χ3n) is 2.34. The van der Waals surface area contributed by atoms with Gasteiger partial charge in [0.1, 0.15) is 0 Å². The minimum Gasteiger partial charge on any atom is -0.324 e. The number of rotatable bonds is 8. The monoisotopic (exact) mass is 306 g/mol. The van der Waals surface area contributed by atoms with Gasteiger partial charge in [0.05, 0.1) is 23.4 Å². The van der Waals surface area contributed by atoms with Gasteiger partial charge in [0.25, 0.3) is 0 Å². The number of carbonyl (C=O) groups excluding carboxylic acids is 1. The largest absolute Gasteiger partial charge is 0.324 e. The summed E-state index contributed by atoms with van der Waals surface area (Å²) in [4.78, 5) is 12.8. The third-order valence-corrected chi connectivity index (χ3v) is 4.61. The topological polar surface area (TPSA) is 52.9 Å². The number of nitriles is 1. The molecule has 3 nitrogen and oxygen atoms in total. The molecule has 5 heteroatoms. The van der Waals surface area contributed by atoms with Gasteiger partial charge in [-0.1, -0.05) is 18.2 Å². The van der Waals surface area contributed by atoms with Crippen molar-refractivity contribution in [2.24, 2.45) is 5.92 Å². The molecule has 0 saturated carbocycles. The maximum Gasteiger partial charge on any atom is 0.234 e. The highest BCUT2D eigenvalue weighted by molar-refractivity contribution is 8.00. The zero-order valence-corrected chi connectivity index (χ0v) is 13.1. The van der Waals surface area contributed by atoms with Gasteiger partial charge in [0.15, 0.2) is 0 Å². The number of thioether (sulfide) groups is 2. The number of hydrogen-bond acceptors (Lipinski definition) is 4. The average Bonchev–Trinajstić information content (AvgIpc) is 2.46. The van der Waals surface area contributed by atoms with Crippen LogP contribution in [-0.4, -0.2) is 23.2 Å². The quantitative estimate of drug-likeness (QED) is 0.451. The lowest BCUT2D eigenvalue weighted by molar-refractivity contribution is -0.113. The Balaban J connectivity index is 2.58. The Bertz CT molecular complexity index is 497. The molecule has 0 radical (unpaired) electrons. The van der Waals surface area contributed by atoms with Gasteiger partial charge in [0.2, 0.25) is 5.91 Å². The number of amides is 1. The molecule has 20 heavy (non-hydrogen) atoms. The van der Waals surface area contributed by atoms with E-state index in [0.29, 0.717) is 11.5 Å². The van der Waals surface area contributed by atoms with E-state index in [0.717, 1.165) is 16.3 Å². The standard InChI is InChI=1S/C15H18N2OS2/c1-3-8-19-11-15(18)17-13-6-4-5-7-14(13)20-10-12(2)9-16/h3-7,12H,1,8,10-11H2,2H3,(H,17,18)/t12-/m0/s1. The van der Waals surface area contributed by atoms with Crippen LogP contribution in [0.5, 0.6) is 0 Å². The Morgan fingerprint density at radius 1 is 1.55 bits per heavy atom. The van der Waals surface area contributed by atoms with E-state index in [1.165, 1.54) is 11.8 Å². The summed E-state index contributed by atoms with van der Waals surface area (Å²) >= 11 is 3.12. The van der Waals surface area contributed by atoms with E-state index in [4.69, 9.17) is 5.26 Å². The Morgan fingerprint density at radius 2 is 2.30 bits per heavy atom. The predicted octanol–water partition coefficient (Wildman–Crippen LogP) is 3.80. The van der Waals surface area contributed by atoms with Crippen LogP contribution in [0.4, 0.5) is 5.69 Å². The molecular weight excluding hydrogens is 288 g/mol. The number of nitrogens with zero attached hydrogens (tertiary/aromatic N) is 1. The smallest absolute Gasteiger partial charge is 0.234 e. The molecule has 0 spiro atoms. The minimum atomic E-state index is -0.0155. The van der Waals surface area contributed by atoms with Crippen molar-refractivity contribution >= 4 is 35.1 Å². The molecule has 0 aliphatic rings. The van der Waals surface area contributed by atoms with Crippen LogP contribution in [0.25, 0.3) is 0 Å². The van der Waals surface area contributed by atoms with Crippen molar-refractivity contribution in [1.29, 1.82) is 5.26 Å². The van der Waals surface area contributed by atoms with Crippen LogP contribution in [0, 0.1) is 17.2 Å². The van der Waals surface area contributed by atoms with E-state index in [9.17, 15) is 4.79 Å². The first-order valence-electron chi connectivity index (χ1n) is 6.27. The van der Waals surface area contributed by atoms with Gasteiger partial charge >= 0.3 is 0 Å². The van der Waals surface area contributed by atoms with Crippen molar-refractivity contribution in [3.8, 4) is 6.07 Å². The molecule has 0 heterocycles. The second-order valence-electron chi connectivity index (χ2n) is 4.19. The Hall–Kier alpha value is -1.38. The van der Waals surface area contributed by atoms with Crippen LogP contribution in [0.2, 0.25) is 0 Å². The molecule has 1 amide bonds. The number of anilines is 1. The van der Waals surface area contributed by atoms with Crippen molar-refractivity contribution in [3.05, 3.63) is 36.9 Å². The van der Waals surface area contributed by atoms with Gasteiger partial charge in [-0.25, -0.2) is 0 Å². The van der Waals surface area contributed by atoms with Crippen LogP contribution < -0.4 is 5.32 Å². The van der Waals surface area contributed by atoms with Crippen LogP contribution in [0.1, 0.15) is 6.92 Å². The normalized spacial score (nSPS) is 11.4. The summed E-state index contributed by atoms with van der Waals surface area (Å²) in [5, 5.41) is 11.7. The molecule has 0 saturated heterocycles. The number of para-hydroxylation sites is 1. The summed E-state index contributed by atoms with van der Waals surface area (Å²) < 4.78 is 0. The van der Waals surface area contributed by atoms with Gasteiger partial charge in [0, 0.05) is 16.4 Å². The molecular formula is C15H18N2OS2. The van der Waals surface area contributed by atoms with Crippen molar-refractivity contribution in [2.75, 3.05) is 22.6 Å². The first kappa shape index (κ1) is 16.7. The van der Waals surface area contributed by atoms with E-state index in [1.807, 2.05) is 31.2 Å². The summed E-state index contributed by atoms with van der Waals surface area (Å²) in [7, 11) is 0. The fourth-order valence-electron chi connectivity index (χ4n) is 1.37. The zero-order chi connectivity index (χ0) is 14.8. The number of carbonyl (C=O) groups is 1. The van der Waals surface area contributed by atoms with E-state index in [-0.39, 0.29) is 11.8 Å². The lowest BCUT2D eigenvalue weighted by Crippen LogP contribution is -2.14. The summed E-state index contributed by atoms with van der Waals surface area (Å²) in [5.74, 6) is 1.88. The lowest BCUT2D eigenvalue weighted by atomic mass is 10.3. The fourth-order valence-corrected chi connectivity index (χ4v) is 2.86. The molecule has 0 unspecified atom stereocenters. The van der Waals surface area contributed by atoms with Gasteiger partial charge in [-0.05, 0) is 19.1 Å². The maximum atomic E-state index is 11.8. The zero-order valence-electron chi connectivity index (χ0n) is 11.5. The predicted molar refractivity (Wildman–Crippen MR) is 88.1 cm³/mol. The highest BCUT2D eigenvalue weighted by Gasteiger charge is 2.08. The van der Waals surface area contributed by atoms with Crippen LogP contribution in [-0.2, 0) is 4.79 Å².